The summed E-state index contributed by atoms with van der Waals surface area (Å²) in [6.07, 6.45) is 4.21. The van der Waals surface area contributed by atoms with Gasteiger partial charge in [-0.25, -0.2) is 0 Å². The van der Waals surface area contributed by atoms with E-state index in [9.17, 15) is 9.59 Å². The van der Waals surface area contributed by atoms with Crippen LogP contribution in [0.5, 0.6) is 0 Å². The largest absolute Gasteiger partial charge is 0.290 e. The molecule has 0 N–H and O–H groups in total. The van der Waals surface area contributed by atoms with Gasteiger partial charge in [-0.15, -0.1) is 0 Å². The van der Waals surface area contributed by atoms with Crippen molar-refractivity contribution < 1.29 is 9.59 Å². The summed E-state index contributed by atoms with van der Waals surface area (Å²) in [4.78, 5) is 25.3. The van der Waals surface area contributed by atoms with Crippen LogP contribution in [0.15, 0.2) is 24.3 Å². The molecule has 0 bridgehead atoms. The first-order chi connectivity index (χ1) is 9.91. The Morgan fingerprint density at radius 1 is 1.00 bits per heavy atom. The molecule has 1 aromatic rings. The second kappa shape index (κ2) is 5.08. The van der Waals surface area contributed by atoms with Crippen molar-refractivity contribution in [1.82, 2.24) is 0 Å². The lowest BCUT2D eigenvalue weighted by Gasteiger charge is -2.41. The Morgan fingerprint density at radius 3 is 2.38 bits per heavy atom. The van der Waals surface area contributed by atoms with E-state index in [0.717, 1.165) is 24.8 Å². The van der Waals surface area contributed by atoms with E-state index in [1.807, 2.05) is 18.2 Å². The molecular weight excluding hydrogens is 260 g/mol. The average Bonchev–Trinajstić information content (AvgIpc) is 2.54. The van der Waals surface area contributed by atoms with Gasteiger partial charge in [-0.3, -0.25) is 9.59 Å². The molecule has 0 spiro atoms. The predicted molar refractivity (Wildman–Crippen MR) is 83.4 cm³/mol. The highest BCUT2D eigenvalue weighted by Crippen LogP contribution is 2.51. The fraction of sp³-hybridized carbons (Fsp3) is 0.579. The minimum Gasteiger partial charge on any atom is -0.290 e. The minimum absolute atomic E-state index is 0.0568. The molecule has 0 radical (unpaired) electrons. The normalized spacial score (nSPS) is 29.6. The minimum atomic E-state index is -0.255. The van der Waals surface area contributed by atoms with Crippen LogP contribution in [0.3, 0.4) is 0 Å². The van der Waals surface area contributed by atoms with E-state index in [-0.39, 0.29) is 28.8 Å². The summed E-state index contributed by atoms with van der Waals surface area (Å²) in [7, 11) is 0. The SMILES string of the molecule is CC(C)(C)C1c2ccccc2C(=O)C(=O)C2CCCCC21. The van der Waals surface area contributed by atoms with Gasteiger partial charge in [0.25, 0.3) is 0 Å². The van der Waals surface area contributed by atoms with Crippen molar-refractivity contribution in [2.75, 3.05) is 0 Å². The Bertz CT molecular complexity index is 579. The first-order valence-corrected chi connectivity index (χ1v) is 8.08. The molecule has 3 rings (SSSR count). The molecule has 2 heteroatoms. The molecule has 1 fully saturated rings. The van der Waals surface area contributed by atoms with Gasteiger partial charge in [0.15, 0.2) is 0 Å². The first-order valence-electron chi connectivity index (χ1n) is 8.08. The Hall–Kier alpha value is -1.44. The van der Waals surface area contributed by atoms with Crippen LogP contribution in [0, 0.1) is 17.3 Å². The van der Waals surface area contributed by atoms with Crippen LogP contribution in [0.4, 0.5) is 0 Å². The topological polar surface area (TPSA) is 34.1 Å². The Labute approximate surface area is 126 Å². The number of Topliss-reactive ketones (excluding diaryl/α,β-unsaturated/α-hetero) is 2. The molecule has 3 atom stereocenters. The molecule has 0 amide bonds. The zero-order chi connectivity index (χ0) is 15.2. The molecule has 2 aliphatic carbocycles. The smallest absolute Gasteiger partial charge is 0.229 e. The molecule has 0 aliphatic heterocycles. The third-order valence-corrected chi connectivity index (χ3v) is 5.28. The molecule has 0 aromatic heterocycles. The van der Waals surface area contributed by atoms with E-state index < -0.39 is 0 Å². The Morgan fingerprint density at radius 2 is 1.67 bits per heavy atom. The van der Waals surface area contributed by atoms with Crippen LogP contribution < -0.4 is 0 Å². The predicted octanol–water partition coefficient (Wildman–Crippen LogP) is 4.39. The Kier molecular flexibility index (Phi) is 3.51. The van der Waals surface area contributed by atoms with E-state index in [2.05, 4.69) is 26.8 Å². The van der Waals surface area contributed by atoms with Crippen molar-refractivity contribution in [2.24, 2.45) is 17.3 Å². The number of benzene rings is 1. The number of carbonyl (C=O) groups is 2. The molecule has 1 aromatic carbocycles. The van der Waals surface area contributed by atoms with Crippen molar-refractivity contribution in [1.29, 1.82) is 0 Å². The summed E-state index contributed by atoms with van der Waals surface area (Å²) in [5.41, 5.74) is 1.80. The number of hydrogen-bond acceptors (Lipinski definition) is 2. The Balaban J connectivity index is 2.21. The lowest BCUT2D eigenvalue weighted by atomic mass is 9.62. The van der Waals surface area contributed by atoms with Crippen molar-refractivity contribution in [3.8, 4) is 0 Å². The number of fused-ring (bicyclic) bond motifs is 2. The molecule has 0 saturated heterocycles. The van der Waals surface area contributed by atoms with E-state index in [1.54, 1.807) is 0 Å². The summed E-state index contributed by atoms with van der Waals surface area (Å²) in [5, 5.41) is 0. The fourth-order valence-corrected chi connectivity index (χ4v) is 4.50. The first kappa shape index (κ1) is 14.5. The zero-order valence-corrected chi connectivity index (χ0v) is 13.2. The summed E-state index contributed by atoms with van der Waals surface area (Å²) >= 11 is 0. The second-order valence-electron chi connectivity index (χ2n) is 7.68. The van der Waals surface area contributed by atoms with Gasteiger partial charge in [0.1, 0.15) is 0 Å². The standard InChI is InChI=1S/C19H24O2/c1-19(2,3)16-12-8-4-6-10-14(12)17(20)18(21)15-11-7-5-9-13(15)16/h4,6,8,10,13,15-16H,5,7,9,11H2,1-3H3. The zero-order valence-electron chi connectivity index (χ0n) is 13.2. The fourth-order valence-electron chi connectivity index (χ4n) is 4.50. The van der Waals surface area contributed by atoms with E-state index in [1.165, 1.54) is 6.42 Å². The van der Waals surface area contributed by atoms with Gasteiger partial charge >= 0.3 is 0 Å². The highest BCUT2D eigenvalue weighted by atomic mass is 16.2. The summed E-state index contributed by atoms with van der Waals surface area (Å²) in [6, 6.07) is 7.77. The summed E-state index contributed by atoms with van der Waals surface area (Å²) in [5.74, 6) is 0.143. The van der Waals surface area contributed by atoms with Gasteiger partial charge < -0.3 is 0 Å². The highest BCUT2D eigenvalue weighted by Gasteiger charge is 2.47. The van der Waals surface area contributed by atoms with E-state index >= 15 is 0 Å². The van der Waals surface area contributed by atoms with Crippen molar-refractivity contribution in [3.05, 3.63) is 35.4 Å². The lowest BCUT2D eigenvalue weighted by molar-refractivity contribution is -0.121. The highest BCUT2D eigenvalue weighted by molar-refractivity contribution is 6.45. The molecular formula is C19H24O2. The van der Waals surface area contributed by atoms with Crippen LogP contribution in [0.1, 0.15) is 68.3 Å². The monoisotopic (exact) mass is 284 g/mol. The molecule has 112 valence electrons. The average molecular weight is 284 g/mol. The molecule has 2 nitrogen and oxygen atoms in total. The van der Waals surface area contributed by atoms with Gasteiger partial charge in [0, 0.05) is 11.5 Å². The quantitative estimate of drug-likeness (QED) is 0.662. The summed E-state index contributed by atoms with van der Waals surface area (Å²) in [6.45, 7) is 6.71. The molecule has 3 unspecified atom stereocenters. The van der Waals surface area contributed by atoms with Crippen LogP contribution in [-0.2, 0) is 4.79 Å². The van der Waals surface area contributed by atoms with Gasteiger partial charge in [-0.05, 0) is 35.7 Å². The number of carbonyl (C=O) groups excluding carboxylic acids is 2. The van der Waals surface area contributed by atoms with Crippen molar-refractivity contribution >= 4 is 11.6 Å². The van der Waals surface area contributed by atoms with Gasteiger partial charge in [0.2, 0.25) is 11.6 Å². The van der Waals surface area contributed by atoms with Gasteiger partial charge in [-0.2, -0.15) is 0 Å². The van der Waals surface area contributed by atoms with E-state index in [4.69, 9.17) is 0 Å². The molecule has 0 heterocycles. The van der Waals surface area contributed by atoms with Gasteiger partial charge in [-0.1, -0.05) is 57.9 Å². The van der Waals surface area contributed by atoms with Crippen LogP contribution in [-0.4, -0.2) is 11.6 Å². The summed E-state index contributed by atoms with van der Waals surface area (Å²) < 4.78 is 0. The number of rotatable bonds is 0. The van der Waals surface area contributed by atoms with Crippen LogP contribution in [0.25, 0.3) is 0 Å². The van der Waals surface area contributed by atoms with Crippen molar-refractivity contribution in [2.45, 2.75) is 52.4 Å². The number of ketones is 2. The maximum absolute atomic E-state index is 12.7. The third kappa shape index (κ3) is 2.35. The maximum Gasteiger partial charge on any atom is 0.229 e. The van der Waals surface area contributed by atoms with Crippen molar-refractivity contribution in [3.63, 3.8) is 0 Å². The molecule has 21 heavy (non-hydrogen) atoms. The number of hydrogen-bond donors (Lipinski definition) is 0. The van der Waals surface area contributed by atoms with E-state index in [0.29, 0.717) is 11.5 Å². The van der Waals surface area contributed by atoms with Crippen LogP contribution in [0.2, 0.25) is 0 Å². The van der Waals surface area contributed by atoms with Crippen LogP contribution >= 0.6 is 0 Å². The second-order valence-corrected chi connectivity index (χ2v) is 7.68. The van der Waals surface area contributed by atoms with Gasteiger partial charge in [0.05, 0.1) is 0 Å². The molecule has 2 aliphatic rings. The lowest BCUT2D eigenvalue weighted by Crippen LogP contribution is -2.36. The molecule has 1 saturated carbocycles. The third-order valence-electron chi connectivity index (χ3n) is 5.28. The maximum atomic E-state index is 12.7.